The summed E-state index contributed by atoms with van der Waals surface area (Å²) in [5.41, 5.74) is 1.07. The van der Waals surface area contributed by atoms with E-state index in [1.54, 1.807) is 0 Å². The third kappa shape index (κ3) is 10.2. The van der Waals surface area contributed by atoms with E-state index in [0.717, 1.165) is 30.7 Å². The molecule has 4 heteroatoms. The third-order valence-corrected chi connectivity index (χ3v) is 4.29. The van der Waals surface area contributed by atoms with Crippen molar-refractivity contribution in [2.45, 2.75) is 33.6 Å². The summed E-state index contributed by atoms with van der Waals surface area (Å²) in [5.74, 6) is 0. The topological polar surface area (TPSA) is 35.5 Å². The lowest BCUT2D eigenvalue weighted by Gasteiger charge is -2.07. The number of hydrogen-bond donors (Lipinski definition) is 0. The summed E-state index contributed by atoms with van der Waals surface area (Å²) in [6.07, 6.45) is 9.65. The number of allylic oxidation sites excluding steroid dienone is 1. The predicted molar refractivity (Wildman–Crippen MR) is 76.8 cm³/mol. The standard InChI is InChI=1S/C13H25O3P/c1-5-7-8-12(3)11-16-13(14)15-9-10-17(4)6-2/h8,17H,4-7,9-11H2,1-3H3/b12-8+. The van der Waals surface area contributed by atoms with Crippen molar-refractivity contribution in [2.75, 3.05) is 25.5 Å². The molecule has 1 unspecified atom stereocenters. The van der Waals surface area contributed by atoms with Gasteiger partial charge in [-0.2, -0.15) is 0 Å². The van der Waals surface area contributed by atoms with E-state index in [2.05, 4.69) is 26.2 Å². The Morgan fingerprint density at radius 1 is 1.35 bits per heavy atom. The molecule has 1 atom stereocenters. The van der Waals surface area contributed by atoms with Gasteiger partial charge in [-0.25, -0.2) is 4.79 Å². The highest BCUT2D eigenvalue weighted by Crippen LogP contribution is 2.17. The molecule has 0 bridgehead atoms. The lowest BCUT2D eigenvalue weighted by Crippen LogP contribution is -2.11. The fourth-order valence-electron chi connectivity index (χ4n) is 1.12. The molecule has 100 valence electrons. The van der Waals surface area contributed by atoms with Gasteiger partial charge in [-0.15, -0.1) is 13.8 Å². The van der Waals surface area contributed by atoms with E-state index in [9.17, 15) is 4.79 Å². The first-order valence-electron chi connectivity index (χ1n) is 6.22. The van der Waals surface area contributed by atoms with E-state index in [0.29, 0.717) is 13.2 Å². The predicted octanol–water partition coefficient (Wildman–Crippen LogP) is 3.55. The fourth-order valence-corrected chi connectivity index (χ4v) is 1.86. The summed E-state index contributed by atoms with van der Waals surface area (Å²) in [7, 11) is -0.561. The number of hydrogen-bond acceptors (Lipinski definition) is 3. The normalized spacial score (nSPS) is 13.2. The Hall–Kier alpha value is -0.690. The minimum Gasteiger partial charge on any atom is -0.434 e. The van der Waals surface area contributed by atoms with Gasteiger partial charge in [0.2, 0.25) is 0 Å². The summed E-state index contributed by atoms with van der Waals surface area (Å²) < 4.78 is 9.94. The summed E-state index contributed by atoms with van der Waals surface area (Å²) in [5, 5.41) is 0. The van der Waals surface area contributed by atoms with Crippen LogP contribution in [0.25, 0.3) is 0 Å². The maximum atomic E-state index is 11.2. The summed E-state index contributed by atoms with van der Waals surface area (Å²) >= 11 is 0. The largest absolute Gasteiger partial charge is 0.508 e. The van der Waals surface area contributed by atoms with Crippen molar-refractivity contribution < 1.29 is 14.3 Å². The number of unbranched alkanes of at least 4 members (excludes halogenated alkanes) is 1. The van der Waals surface area contributed by atoms with E-state index < -0.39 is 13.7 Å². The molecule has 0 amide bonds. The highest BCUT2D eigenvalue weighted by molar-refractivity contribution is 7.55. The lowest BCUT2D eigenvalue weighted by molar-refractivity contribution is 0.0661. The third-order valence-electron chi connectivity index (χ3n) is 2.37. The second-order valence-electron chi connectivity index (χ2n) is 4.08. The van der Waals surface area contributed by atoms with Crippen LogP contribution in [0.2, 0.25) is 0 Å². The van der Waals surface area contributed by atoms with Gasteiger partial charge < -0.3 is 9.47 Å². The van der Waals surface area contributed by atoms with E-state index >= 15 is 0 Å². The van der Waals surface area contributed by atoms with Crippen LogP contribution >= 0.6 is 7.55 Å². The van der Waals surface area contributed by atoms with Gasteiger partial charge in [0.15, 0.2) is 0 Å². The second-order valence-corrected chi connectivity index (χ2v) is 6.79. The summed E-state index contributed by atoms with van der Waals surface area (Å²) in [6, 6.07) is 0. The van der Waals surface area contributed by atoms with Crippen molar-refractivity contribution in [2.24, 2.45) is 0 Å². The molecule has 0 radical (unpaired) electrons. The van der Waals surface area contributed by atoms with Crippen molar-refractivity contribution in [3.63, 3.8) is 0 Å². The number of ether oxygens (including phenoxy) is 2. The molecule has 0 aromatic rings. The van der Waals surface area contributed by atoms with Gasteiger partial charge in [0, 0.05) is 0 Å². The smallest absolute Gasteiger partial charge is 0.434 e. The molecule has 0 N–H and O–H groups in total. The Morgan fingerprint density at radius 3 is 2.65 bits per heavy atom. The molecule has 0 aliphatic carbocycles. The van der Waals surface area contributed by atoms with E-state index in [1.807, 2.05) is 6.92 Å². The van der Waals surface area contributed by atoms with Crippen LogP contribution in [0.15, 0.2) is 11.6 Å². The minimum absolute atomic E-state index is 0.328. The van der Waals surface area contributed by atoms with Gasteiger partial charge in [-0.3, -0.25) is 0 Å². The van der Waals surface area contributed by atoms with Gasteiger partial charge in [-0.05, 0) is 31.2 Å². The Labute approximate surface area is 106 Å². The number of carbonyl (C=O) groups is 1. The molecule has 0 aromatic heterocycles. The first kappa shape index (κ1) is 16.3. The van der Waals surface area contributed by atoms with Crippen molar-refractivity contribution in [1.29, 1.82) is 0 Å². The molecule has 0 aromatic carbocycles. The van der Waals surface area contributed by atoms with Gasteiger partial charge in [-0.1, -0.05) is 26.3 Å². The zero-order valence-corrected chi connectivity index (χ0v) is 12.3. The zero-order valence-electron chi connectivity index (χ0n) is 11.3. The van der Waals surface area contributed by atoms with Crippen LogP contribution in [0, 0.1) is 0 Å². The minimum atomic E-state index is -0.569. The van der Waals surface area contributed by atoms with Gasteiger partial charge >= 0.3 is 6.16 Å². The SMILES string of the molecule is C=[PH](CC)CCOC(=O)OC/C(C)=C/CCC. The Kier molecular flexibility index (Phi) is 10.0. The Bertz CT molecular complexity index is 272. The molecule has 0 aliphatic heterocycles. The van der Waals surface area contributed by atoms with Crippen molar-refractivity contribution in [3.8, 4) is 0 Å². The van der Waals surface area contributed by atoms with Crippen LogP contribution in [-0.4, -0.2) is 38.0 Å². The van der Waals surface area contributed by atoms with Crippen LogP contribution in [-0.2, 0) is 9.47 Å². The van der Waals surface area contributed by atoms with Gasteiger partial charge in [0.1, 0.15) is 6.61 Å². The second kappa shape index (κ2) is 10.5. The van der Waals surface area contributed by atoms with E-state index in [1.165, 1.54) is 0 Å². The molecule has 0 saturated heterocycles. The Morgan fingerprint density at radius 2 is 2.06 bits per heavy atom. The van der Waals surface area contributed by atoms with Crippen molar-refractivity contribution in [3.05, 3.63) is 11.6 Å². The molecule has 0 spiro atoms. The van der Waals surface area contributed by atoms with Gasteiger partial charge in [0.05, 0.1) is 6.61 Å². The van der Waals surface area contributed by atoms with E-state index in [-0.39, 0.29) is 0 Å². The molecule has 17 heavy (non-hydrogen) atoms. The number of carbonyl (C=O) groups excluding carboxylic acids is 1. The Balaban J connectivity index is 3.62. The quantitative estimate of drug-likeness (QED) is 0.380. The van der Waals surface area contributed by atoms with Crippen LogP contribution in [0.3, 0.4) is 0 Å². The first-order chi connectivity index (χ1) is 8.10. The van der Waals surface area contributed by atoms with Crippen molar-refractivity contribution >= 4 is 20.0 Å². The molecule has 0 fully saturated rings. The molecule has 0 aliphatic rings. The van der Waals surface area contributed by atoms with Crippen LogP contribution in [0.5, 0.6) is 0 Å². The number of rotatable bonds is 8. The molecule has 0 heterocycles. The fraction of sp³-hybridized carbons (Fsp3) is 0.692. The first-order valence-corrected chi connectivity index (χ1v) is 8.34. The summed E-state index contributed by atoms with van der Waals surface area (Å²) in [6.45, 7) is 6.94. The van der Waals surface area contributed by atoms with E-state index in [4.69, 9.17) is 9.47 Å². The maximum Gasteiger partial charge on any atom is 0.508 e. The highest BCUT2D eigenvalue weighted by atomic mass is 31.1. The average molecular weight is 260 g/mol. The monoisotopic (exact) mass is 260 g/mol. The maximum absolute atomic E-state index is 11.2. The molecule has 0 saturated carbocycles. The zero-order chi connectivity index (χ0) is 13.1. The molecule has 0 rings (SSSR count). The molecular formula is C13H25O3P. The molecule has 3 nitrogen and oxygen atoms in total. The summed E-state index contributed by atoms with van der Waals surface area (Å²) in [4.78, 5) is 11.2. The van der Waals surface area contributed by atoms with Crippen LogP contribution in [0.4, 0.5) is 4.79 Å². The molecular weight excluding hydrogens is 235 g/mol. The van der Waals surface area contributed by atoms with Gasteiger partial charge in [0.25, 0.3) is 0 Å². The average Bonchev–Trinajstić information content (AvgIpc) is 2.33. The van der Waals surface area contributed by atoms with Crippen LogP contribution in [0.1, 0.15) is 33.6 Å². The van der Waals surface area contributed by atoms with Crippen LogP contribution < -0.4 is 0 Å². The highest BCUT2D eigenvalue weighted by Gasteiger charge is 2.03. The van der Waals surface area contributed by atoms with Crippen molar-refractivity contribution in [1.82, 2.24) is 0 Å². The lowest BCUT2D eigenvalue weighted by atomic mass is 10.2.